The van der Waals surface area contributed by atoms with E-state index >= 15 is 0 Å². The van der Waals surface area contributed by atoms with Gasteiger partial charge >= 0.3 is 35.5 Å². The van der Waals surface area contributed by atoms with E-state index in [4.69, 9.17) is 9.84 Å². The summed E-state index contributed by atoms with van der Waals surface area (Å²) in [5, 5.41) is 8.60. The van der Waals surface area contributed by atoms with Crippen LogP contribution in [0.4, 0.5) is 0 Å². The van der Waals surface area contributed by atoms with Gasteiger partial charge in [-0.25, -0.2) is 4.79 Å². The van der Waals surface area contributed by atoms with Crippen molar-refractivity contribution in [2.45, 2.75) is 58.3 Å². The Balaban J connectivity index is 0.00000400. The van der Waals surface area contributed by atoms with E-state index in [1.54, 1.807) is 12.1 Å². The Morgan fingerprint density at radius 2 is 1.57 bits per heavy atom. The SMILES string of the molecule is CCCCCCCCCc1ccc(OC(=O)CO)cc1.[NaH]. The number of aryl methyl sites for hydroxylation is 1. The van der Waals surface area contributed by atoms with Gasteiger partial charge in [0.15, 0.2) is 0 Å². The summed E-state index contributed by atoms with van der Waals surface area (Å²) in [6, 6.07) is 7.53. The summed E-state index contributed by atoms with van der Waals surface area (Å²) in [5.74, 6) is -0.128. The number of carbonyl (C=O) groups excluding carboxylic acids is 1. The predicted octanol–water partition coefficient (Wildman–Crippen LogP) is 3.23. The number of unbranched alkanes of at least 4 members (excludes halogenated alkanes) is 6. The van der Waals surface area contributed by atoms with E-state index in [1.165, 1.54) is 50.5 Å². The Labute approximate surface area is 150 Å². The number of benzene rings is 1. The van der Waals surface area contributed by atoms with E-state index in [9.17, 15) is 4.79 Å². The molecule has 0 unspecified atom stereocenters. The number of rotatable bonds is 10. The Bertz CT molecular complexity index is 376. The zero-order valence-corrected chi connectivity index (χ0v) is 12.4. The molecule has 114 valence electrons. The first-order chi connectivity index (χ1) is 9.76. The molecule has 1 N–H and O–H groups in total. The molecule has 21 heavy (non-hydrogen) atoms. The topological polar surface area (TPSA) is 46.5 Å². The molecule has 0 spiro atoms. The van der Waals surface area contributed by atoms with Gasteiger partial charge in [0.1, 0.15) is 12.4 Å². The average Bonchev–Trinajstić information content (AvgIpc) is 2.48. The minimum absolute atomic E-state index is 0. The first-order valence-electron chi connectivity index (χ1n) is 7.66. The summed E-state index contributed by atoms with van der Waals surface area (Å²) in [7, 11) is 0. The molecule has 3 nitrogen and oxygen atoms in total. The normalized spacial score (nSPS) is 10.0. The number of aliphatic hydroxyl groups is 1. The van der Waals surface area contributed by atoms with E-state index < -0.39 is 12.6 Å². The fraction of sp³-hybridized carbons (Fsp3) is 0.588. The molecule has 1 aromatic rings. The van der Waals surface area contributed by atoms with Crippen LogP contribution in [0.25, 0.3) is 0 Å². The van der Waals surface area contributed by atoms with Crippen LogP contribution in [-0.2, 0) is 11.2 Å². The predicted molar refractivity (Wildman–Crippen MR) is 88.0 cm³/mol. The van der Waals surface area contributed by atoms with E-state index in [0.29, 0.717) is 5.75 Å². The first-order valence-corrected chi connectivity index (χ1v) is 7.66. The van der Waals surface area contributed by atoms with Crippen LogP contribution in [0.15, 0.2) is 24.3 Å². The summed E-state index contributed by atoms with van der Waals surface area (Å²) < 4.78 is 4.91. The Kier molecular flexibility index (Phi) is 13.1. The molecule has 0 fully saturated rings. The van der Waals surface area contributed by atoms with Gasteiger partial charge in [-0.2, -0.15) is 0 Å². The van der Waals surface area contributed by atoms with Gasteiger partial charge in [-0.15, -0.1) is 0 Å². The van der Waals surface area contributed by atoms with Crippen LogP contribution in [0, 0.1) is 0 Å². The van der Waals surface area contributed by atoms with Gasteiger partial charge in [-0.1, -0.05) is 57.6 Å². The van der Waals surface area contributed by atoms with Crippen molar-refractivity contribution in [3.05, 3.63) is 29.8 Å². The molecule has 0 heterocycles. The number of aliphatic hydroxyl groups excluding tert-OH is 1. The Morgan fingerprint density at radius 3 is 2.14 bits per heavy atom. The monoisotopic (exact) mass is 302 g/mol. The standard InChI is InChI=1S/C17H26O3.Na.H/c1-2-3-4-5-6-7-8-9-15-10-12-16(13-11-15)20-17(19)14-18;;/h10-13,18H,2-9,14H2,1H3;;. The first kappa shape index (κ1) is 20.6. The second kappa shape index (κ2) is 13.3. The molecule has 0 saturated heterocycles. The molecule has 1 rings (SSSR count). The molecule has 0 aromatic heterocycles. The van der Waals surface area contributed by atoms with Crippen molar-refractivity contribution in [3.63, 3.8) is 0 Å². The van der Waals surface area contributed by atoms with Crippen molar-refractivity contribution in [1.29, 1.82) is 0 Å². The Hall–Kier alpha value is -0.350. The number of hydrogen-bond donors (Lipinski definition) is 1. The van der Waals surface area contributed by atoms with Crippen LogP contribution in [-0.4, -0.2) is 47.2 Å². The van der Waals surface area contributed by atoms with Crippen LogP contribution in [0.1, 0.15) is 57.4 Å². The summed E-state index contributed by atoms with van der Waals surface area (Å²) in [6.45, 7) is 1.65. The molecule has 0 amide bonds. The molecule has 1 aromatic carbocycles. The maximum absolute atomic E-state index is 10.9. The Morgan fingerprint density at radius 1 is 1.00 bits per heavy atom. The number of carbonyl (C=O) groups is 1. The zero-order chi connectivity index (χ0) is 14.6. The molecule has 0 aliphatic rings. The molecule has 0 saturated carbocycles. The quantitative estimate of drug-likeness (QED) is 0.312. The van der Waals surface area contributed by atoms with Gasteiger partial charge in [0.05, 0.1) is 0 Å². The molecule has 4 heteroatoms. The van der Waals surface area contributed by atoms with E-state index in [1.807, 2.05) is 12.1 Å². The molecule has 0 aliphatic carbocycles. The van der Waals surface area contributed by atoms with Gasteiger partial charge in [0, 0.05) is 0 Å². The van der Waals surface area contributed by atoms with Gasteiger partial charge < -0.3 is 9.84 Å². The summed E-state index contributed by atoms with van der Waals surface area (Å²) in [4.78, 5) is 10.9. The molecule has 0 bridgehead atoms. The van der Waals surface area contributed by atoms with Crippen LogP contribution in [0.3, 0.4) is 0 Å². The van der Waals surface area contributed by atoms with Gasteiger partial charge in [-0.3, -0.25) is 0 Å². The van der Waals surface area contributed by atoms with E-state index in [-0.39, 0.29) is 29.6 Å². The third kappa shape index (κ3) is 10.1. The summed E-state index contributed by atoms with van der Waals surface area (Å²) in [6.07, 6.45) is 10.3. The summed E-state index contributed by atoms with van der Waals surface area (Å²) in [5.41, 5.74) is 1.27. The number of hydrogen-bond acceptors (Lipinski definition) is 3. The van der Waals surface area contributed by atoms with Crippen LogP contribution < -0.4 is 4.74 Å². The molecular formula is C17H27NaO3. The second-order valence-corrected chi connectivity index (χ2v) is 5.15. The van der Waals surface area contributed by atoms with Crippen LogP contribution in [0.2, 0.25) is 0 Å². The summed E-state index contributed by atoms with van der Waals surface area (Å²) >= 11 is 0. The van der Waals surface area contributed by atoms with Gasteiger partial charge in [0.25, 0.3) is 0 Å². The molecule has 0 atom stereocenters. The molecule has 0 aliphatic heterocycles. The van der Waals surface area contributed by atoms with E-state index in [2.05, 4.69) is 6.92 Å². The van der Waals surface area contributed by atoms with Crippen molar-refractivity contribution in [2.24, 2.45) is 0 Å². The molecular weight excluding hydrogens is 275 g/mol. The zero-order valence-electron chi connectivity index (χ0n) is 12.4. The van der Waals surface area contributed by atoms with Crippen molar-refractivity contribution in [2.75, 3.05) is 6.61 Å². The molecule has 0 radical (unpaired) electrons. The van der Waals surface area contributed by atoms with Crippen LogP contribution >= 0.6 is 0 Å². The van der Waals surface area contributed by atoms with Crippen molar-refractivity contribution in [3.8, 4) is 5.75 Å². The van der Waals surface area contributed by atoms with Crippen molar-refractivity contribution < 1.29 is 14.6 Å². The van der Waals surface area contributed by atoms with Crippen LogP contribution in [0.5, 0.6) is 5.75 Å². The second-order valence-electron chi connectivity index (χ2n) is 5.15. The maximum atomic E-state index is 10.9. The number of esters is 1. The van der Waals surface area contributed by atoms with Crippen molar-refractivity contribution >= 4 is 35.5 Å². The van der Waals surface area contributed by atoms with Gasteiger partial charge in [0.2, 0.25) is 0 Å². The average molecular weight is 302 g/mol. The minimum atomic E-state index is -0.621. The number of ether oxygens (including phenoxy) is 1. The fourth-order valence-corrected chi connectivity index (χ4v) is 2.17. The van der Waals surface area contributed by atoms with E-state index in [0.717, 1.165) is 6.42 Å². The third-order valence-corrected chi connectivity index (χ3v) is 3.35. The third-order valence-electron chi connectivity index (χ3n) is 3.35. The van der Waals surface area contributed by atoms with Gasteiger partial charge in [-0.05, 0) is 30.5 Å². The fourth-order valence-electron chi connectivity index (χ4n) is 2.17. The van der Waals surface area contributed by atoms with Crippen molar-refractivity contribution in [1.82, 2.24) is 0 Å².